The van der Waals surface area contributed by atoms with Crippen LogP contribution in [0.5, 0.6) is 5.75 Å². The van der Waals surface area contributed by atoms with Crippen LogP contribution in [0.1, 0.15) is 19.3 Å². The minimum absolute atomic E-state index is 0.111. The molecule has 5 rings (SSSR count). The number of amides is 2. The summed E-state index contributed by atoms with van der Waals surface area (Å²) in [4.78, 5) is 22.6. The normalized spacial score (nSPS) is 21.5. The number of aromatic nitrogens is 4. The van der Waals surface area contributed by atoms with E-state index in [1.807, 2.05) is 30.3 Å². The van der Waals surface area contributed by atoms with Crippen molar-refractivity contribution in [2.45, 2.75) is 19.3 Å². The molecule has 0 bridgehead atoms. The largest absolute Gasteiger partial charge is 0.494 e. The molecule has 2 amide bonds. The third-order valence-electron chi connectivity index (χ3n) is 6.20. The highest BCUT2D eigenvalue weighted by atomic mass is 16.5. The van der Waals surface area contributed by atoms with Crippen LogP contribution in [0.3, 0.4) is 0 Å². The average Bonchev–Trinajstić information content (AvgIpc) is 3.47. The number of ether oxygens (including phenoxy) is 2. The van der Waals surface area contributed by atoms with Crippen molar-refractivity contribution in [3.8, 4) is 16.9 Å². The highest BCUT2D eigenvalue weighted by Gasteiger charge is 2.41. The summed E-state index contributed by atoms with van der Waals surface area (Å²) in [5, 5.41) is 7.19. The fourth-order valence-electron chi connectivity index (χ4n) is 4.61. The van der Waals surface area contributed by atoms with Crippen LogP contribution in [0.2, 0.25) is 0 Å². The SMILES string of the molecule is COc1ccc(-c2cnn(C)c2)c2nc(NC(=O)N3CCC4(CCCOC4)C3)[nH]c12. The number of rotatable bonds is 3. The van der Waals surface area contributed by atoms with E-state index in [4.69, 9.17) is 9.47 Å². The number of carbonyl (C=O) groups is 1. The molecule has 1 spiro atoms. The summed E-state index contributed by atoms with van der Waals surface area (Å²) in [6.07, 6.45) is 6.90. The van der Waals surface area contributed by atoms with Crippen LogP contribution < -0.4 is 10.1 Å². The van der Waals surface area contributed by atoms with Crippen molar-refractivity contribution in [2.24, 2.45) is 12.5 Å². The molecule has 0 saturated carbocycles. The van der Waals surface area contributed by atoms with E-state index in [1.54, 1.807) is 18.0 Å². The third kappa shape index (κ3) is 3.28. The van der Waals surface area contributed by atoms with Gasteiger partial charge < -0.3 is 19.4 Å². The molecule has 1 aromatic carbocycles. The highest BCUT2D eigenvalue weighted by molar-refractivity contribution is 5.98. The zero-order valence-corrected chi connectivity index (χ0v) is 17.3. The predicted octanol–water partition coefficient (Wildman–Crippen LogP) is 3.01. The quantitative estimate of drug-likeness (QED) is 0.692. The van der Waals surface area contributed by atoms with E-state index >= 15 is 0 Å². The Kier molecular flexibility index (Phi) is 4.62. The van der Waals surface area contributed by atoms with Crippen molar-refractivity contribution < 1.29 is 14.3 Å². The molecular formula is C21H26N6O3. The Morgan fingerprint density at radius 2 is 2.27 bits per heavy atom. The maximum Gasteiger partial charge on any atom is 0.324 e. The molecule has 30 heavy (non-hydrogen) atoms. The third-order valence-corrected chi connectivity index (χ3v) is 6.20. The maximum absolute atomic E-state index is 12.9. The molecular weight excluding hydrogens is 384 g/mol. The number of nitrogens with one attached hydrogen (secondary N) is 2. The fraction of sp³-hybridized carbons (Fsp3) is 0.476. The lowest BCUT2D eigenvalue weighted by Gasteiger charge is -2.32. The summed E-state index contributed by atoms with van der Waals surface area (Å²) in [5.74, 6) is 1.08. The van der Waals surface area contributed by atoms with Crippen molar-refractivity contribution in [2.75, 3.05) is 38.7 Å². The Morgan fingerprint density at radius 1 is 1.37 bits per heavy atom. The van der Waals surface area contributed by atoms with Gasteiger partial charge in [0.1, 0.15) is 16.8 Å². The number of urea groups is 1. The number of nitrogens with zero attached hydrogens (tertiary/aromatic N) is 4. The molecule has 9 heteroatoms. The lowest BCUT2D eigenvalue weighted by atomic mass is 9.82. The number of aryl methyl sites for hydroxylation is 1. The first-order valence-electron chi connectivity index (χ1n) is 10.3. The van der Waals surface area contributed by atoms with E-state index in [0.29, 0.717) is 11.7 Å². The van der Waals surface area contributed by atoms with E-state index in [-0.39, 0.29) is 11.4 Å². The second-order valence-corrected chi connectivity index (χ2v) is 8.28. The van der Waals surface area contributed by atoms with Gasteiger partial charge in [0.15, 0.2) is 0 Å². The van der Waals surface area contributed by atoms with Gasteiger partial charge in [-0.25, -0.2) is 9.78 Å². The Morgan fingerprint density at radius 3 is 3.00 bits per heavy atom. The number of H-pyrrole nitrogens is 1. The summed E-state index contributed by atoms with van der Waals surface area (Å²) in [7, 11) is 3.49. The lowest BCUT2D eigenvalue weighted by molar-refractivity contribution is -0.000215. The number of anilines is 1. The topological polar surface area (TPSA) is 97.3 Å². The Labute approximate surface area is 174 Å². The zero-order valence-electron chi connectivity index (χ0n) is 17.3. The summed E-state index contributed by atoms with van der Waals surface area (Å²) < 4.78 is 12.9. The molecule has 0 radical (unpaired) electrons. The molecule has 1 atom stereocenters. The average molecular weight is 410 g/mol. The molecule has 9 nitrogen and oxygen atoms in total. The predicted molar refractivity (Wildman–Crippen MR) is 113 cm³/mol. The lowest BCUT2D eigenvalue weighted by Crippen LogP contribution is -2.38. The number of hydrogen-bond acceptors (Lipinski definition) is 5. The first-order chi connectivity index (χ1) is 14.6. The van der Waals surface area contributed by atoms with Gasteiger partial charge in [-0.15, -0.1) is 0 Å². The summed E-state index contributed by atoms with van der Waals surface area (Å²) in [5.41, 5.74) is 3.47. The highest BCUT2D eigenvalue weighted by Crippen LogP contribution is 2.38. The number of likely N-dealkylation sites (tertiary alicyclic amines) is 1. The van der Waals surface area contributed by atoms with Gasteiger partial charge in [0.25, 0.3) is 0 Å². The number of carbonyl (C=O) groups excluding carboxylic acids is 1. The number of hydrogen-bond donors (Lipinski definition) is 2. The number of aromatic amines is 1. The second-order valence-electron chi connectivity index (χ2n) is 8.28. The summed E-state index contributed by atoms with van der Waals surface area (Å²) in [6, 6.07) is 3.71. The fourth-order valence-corrected chi connectivity index (χ4v) is 4.61. The first kappa shape index (κ1) is 18.9. The van der Waals surface area contributed by atoms with Gasteiger partial charge in [-0.1, -0.05) is 0 Å². The van der Waals surface area contributed by atoms with Crippen LogP contribution in [0.4, 0.5) is 10.7 Å². The van der Waals surface area contributed by atoms with Gasteiger partial charge in [-0.3, -0.25) is 10.00 Å². The molecule has 2 aliphatic rings. The molecule has 2 fully saturated rings. The van der Waals surface area contributed by atoms with E-state index in [2.05, 4.69) is 20.4 Å². The summed E-state index contributed by atoms with van der Waals surface area (Å²) in [6.45, 7) is 3.03. The molecule has 3 aromatic rings. The van der Waals surface area contributed by atoms with Crippen molar-refractivity contribution in [3.05, 3.63) is 24.5 Å². The molecule has 4 heterocycles. The van der Waals surface area contributed by atoms with Crippen molar-refractivity contribution in [3.63, 3.8) is 0 Å². The smallest absolute Gasteiger partial charge is 0.324 e. The maximum atomic E-state index is 12.9. The van der Waals surface area contributed by atoms with Crippen LogP contribution in [-0.2, 0) is 11.8 Å². The monoisotopic (exact) mass is 410 g/mol. The standard InChI is InChI=1S/C21H26N6O3/c1-26-11-14(10-22-26)15-4-5-16(29-2)18-17(15)23-19(24-18)25-20(28)27-8-7-21(12-27)6-3-9-30-13-21/h4-5,10-11H,3,6-9,12-13H2,1-2H3,(H2,23,24,25,28). The number of imidazole rings is 1. The van der Waals surface area contributed by atoms with Gasteiger partial charge in [0, 0.05) is 49.5 Å². The Bertz CT molecular complexity index is 1080. The minimum atomic E-state index is -0.140. The second kappa shape index (κ2) is 7.32. The van der Waals surface area contributed by atoms with Crippen LogP contribution in [0, 0.1) is 5.41 Å². The molecule has 1 unspecified atom stereocenters. The van der Waals surface area contributed by atoms with E-state index in [0.717, 1.165) is 67.7 Å². The van der Waals surface area contributed by atoms with Crippen molar-refractivity contribution >= 4 is 23.0 Å². The number of methoxy groups -OCH3 is 1. The van der Waals surface area contributed by atoms with Crippen molar-refractivity contribution in [1.82, 2.24) is 24.6 Å². The van der Waals surface area contributed by atoms with E-state index in [1.165, 1.54) is 0 Å². The van der Waals surface area contributed by atoms with Gasteiger partial charge >= 0.3 is 6.03 Å². The van der Waals surface area contributed by atoms with Crippen LogP contribution in [-0.4, -0.2) is 64.1 Å². The molecule has 2 saturated heterocycles. The Hall–Kier alpha value is -3.07. The molecule has 2 N–H and O–H groups in total. The Balaban J connectivity index is 1.40. The van der Waals surface area contributed by atoms with Gasteiger partial charge in [-0.2, -0.15) is 5.10 Å². The number of fused-ring (bicyclic) bond motifs is 1. The first-order valence-corrected chi connectivity index (χ1v) is 10.3. The van der Waals surface area contributed by atoms with Crippen LogP contribution >= 0.6 is 0 Å². The van der Waals surface area contributed by atoms with Crippen LogP contribution in [0.15, 0.2) is 24.5 Å². The molecule has 2 aliphatic heterocycles. The van der Waals surface area contributed by atoms with Gasteiger partial charge in [-0.05, 0) is 31.4 Å². The van der Waals surface area contributed by atoms with Gasteiger partial charge in [0.05, 0.1) is 19.9 Å². The van der Waals surface area contributed by atoms with Crippen molar-refractivity contribution in [1.29, 1.82) is 0 Å². The van der Waals surface area contributed by atoms with E-state index < -0.39 is 0 Å². The molecule has 0 aliphatic carbocycles. The number of benzene rings is 1. The zero-order chi connectivity index (χ0) is 20.7. The van der Waals surface area contributed by atoms with E-state index in [9.17, 15) is 4.79 Å². The summed E-state index contributed by atoms with van der Waals surface area (Å²) >= 11 is 0. The van der Waals surface area contributed by atoms with Gasteiger partial charge in [0.2, 0.25) is 5.95 Å². The molecule has 158 valence electrons. The van der Waals surface area contributed by atoms with Crippen LogP contribution in [0.25, 0.3) is 22.2 Å². The molecule has 2 aromatic heterocycles. The minimum Gasteiger partial charge on any atom is -0.494 e.